The van der Waals surface area contributed by atoms with Crippen molar-refractivity contribution >= 4 is 6.03 Å². The van der Waals surface area contributed by atoms with E-state index in [2.05, 4.69) is 10.1 Å². The number of ether oxygens (including phenoxy) is 3. The van der Waals surface area contributed by atoms with E-state index in [-0.39, 0.29) is 24.4 Å². The molecular formula is C19H19F3N2O4. The fourth-order valence-electron chi connectivity index (χ4n) is 2.66. The van der Waals surface area contributed by atoms with Crippen molar-refractivity contribution in [3.63, 3.8) is 0 Å². The summed E-state index contributed by atoms with van der Waals surface area (Å²) < 4.78 is 51.7. The van der Waals surface area contributed by atoms with Crippen LogP contribution >= 0.6 is 0 Å². The number of likely N-dealkylation sites (N-methyl/N-ethyl adjacent to an activating group) is 1. The van der Waals surface area contributed by atoms with E-state index in [1.54, 1.807) is 13.1 Å². The number of hydrogen-bond donors (Lipinski definition) is 1. The third kappa shape index (κ3) is 5.45. The summed E-state index contributed by atoms with van der Waals surface area (Å²) in [4.78, 5) is 13.7. The Morgan fingerprint density at radius 3 is 2.54 bits per heavy atom. The van der Waals surface area contributed by atoms with Crippen LogP contribution in [0.3, 0.4) is 0 Å². The van der Waals surface area contributed by atoms with Crippen molar-refractivity contribution in [2.75, 3.05) is 20.2 Å². The second-order valence-electron chi connectivity index (χ2n) is 6.23. The molecule has 0 bridgehead atoms. The van der Waals surface area contributed by atoms with Gasteiger partial charge in [0.25, 0.3) is 0 Å². The molecule has 3 rings (SSSR count). The number of alkyl halides is 3. The SMILES string of the molecule is CN(C[C@H]1COc2ccccc2O1)C(=O)NCc1ccc(OC(F)(F)F)cc1. The Balaban J connectivity index is 1.46. The van der Waals surface area contributed by atoms with Crippen LogP contribution in [0.5, 0.6) is 17.2 Å². The third-order valence-electron chi connectivity index (χ3n) is 3.99. The molecule has 0 spiro atoms. The number of hydrogen-bond acceptors (Lipinski definition) is 4. The molecule has 28 heavy (non-hydrogen) atoms. The minimum Gasteiger partial charge on any atom is -0.486 e. The van der Waals surface area contributed by atoms with E-state index in [0.29, 0.717) is 30.2 Å². The second-order valence-corrected chi connectivity index (χ2v) is 6.23. The number of nitrogens with zero attached hydrogens (tertiary/aromatic N) is 1. The number of fused-ring (bicyclic) bond motifs is 1. The van der Waals surface area contributed by atoms with E-state index in [4.69, 9.17) is 9.47 Å². The summed E-state index contributed by atoms with van der Waals surface area (Å²) in [6.45, 7) is 0.814. The summed E-state index contributed by atoms with van der Waals surface area (Å²) in [6, 6.07) is 12.3. The highest BCUT2D eigenvalue weighted by Gasteiger charge is 2.31. The summed E-state index contributed by atoms with van der Waals surface area (Å²) in [5.74, 6) is 0.993. The maximum Gasteiger partial charge on any atom is 0.573 e. The molecule has 1 atom stereocenters. The lowest BCUT2D eigenvalue weighted by atomic mass is 10.2. The predicted octanol–water partition coefficient (Wildman–Crippen LogP) is 3.57. The first kappa shape index (κ1) is 19.7. The van der Waals surface area contributed by atoms with Gasteiger partial charge in [0.1, 0.15) is 12.4 Å². The Labute approximate surface area is 159 Å². The smallest absolute Gasteiger partial charge is 0.486 e. The van der Waals surface area contributed by atoms with Gasteiger partial charge in [-0.05, 0) is 29.8 Å². The van der Waals surface area contributed by atoms with Gasteiger partial charge in [-0.3, -0.25) is 0 Å². The van der Waals surface area contributed by atoms with Crippen molar-refractivity contribution in [2.24, 2.45) is 0 Å². The predicted molar refractivity (Wildman–Crippen MR) is 94.3 cm³/mol. The van der Waals surface area contributed by atoms with Crippen molar-refractivity contribution in [1.29, 1.82) is 0 Å². The standard InChI is InChI=1S/C19H19F3N2O4/c1-24(11-15-12-26-16-4-2-3-5-17(16)27-15)18(25)23-10-13-6-8-14(9-7-13)28-19(20,21)22/h2-9,15H,10-12H2,1H3,(H,23,25)/t15-/m0/s1. The summed E-state index contributed by atoms with van der Waals surface area (Å²) in [5.41, 5.74) is 0.641. The van der Waals surface area contributed by atoms with Crippen LogP contribution in [0.15, 0.2) is 48.5 Å². The highest BCUT2D eigenvalue weighted by Crippen LogP contribution is 2.31. The number of amides is 2. The molecule has 9 heteroatoms. The van der Waals surface area contributed by atoms with Crippen molar-refractivity contribution < 1.29 is 32.2 Å². The van der Waals surface area contributed by atoms with Gasteiger partial charge in [-0.1, -0.05) is 24.3 Å². The van der Waals surface area contributed by atoms with E-state index in [1.165, 1.54) is 29.2 Å². The first-order valence-corrected chi connectivity index (χ1v) is 8.52. The second kappa shape index (κ2) is 8.28. The minimum absolute atomic E-state index is 0.167. The van der Waals surface area contributed by atoms with E-state index in [9.17, 15) is 18.0 Å². The Hall–Kier alpha value is -3.10. The molecule has 0 aromatic heterocycles. The molecule has 0 saturated heterocycles. The molecule has 0 saturated carbocycles. The van der Waals surface area contributed by atoms with Crippen molar-refractivity contribution in [1.82, 2.24) is 10.2 Å². The van der Waals surface area contributed by atoms with Crippen LogP contribution < -0.4 is 19.5 Å². The molecule has 0 aliphatic carbocycles. The van der Waals surface area contributed by atoms with Crippen molar-refractivity contribution in [3.8, 4) is 17.2 Å². The van der Waals surface area contributed by atoms with Crippen LogP contribution in [0.4, 0.5) is 18.0 Å². The van der Waals surface area contributed by atoms with Gasteiger partial charge in [0.05, 0.1) is 6.54 Å². The molecular weight excluding hydrogens is 377 g/mol. The minimum atomic E-state index is -4.73. The molecule has 0 fully saturated rings. The average Bonchev–Trinajstić information content (AvgIpc) is 2.66. The molecule has 6 nitrogen and oxygen atoms in total. The number of benzene rings is 2. The Bertz CT molecular complexity index is 812. The summed E-state index contributed by atoms with van der Waals surface area (Å²) in [6.07, 6.45) is -5.03. The van der Waals surface area contributed by atoms with Crippen LogP contribution in [-0.2, 0) is 6.54 Å². The van der Waals surface area contributed by atoms with E-state index >= 15 is 0 Å². The highest BCUT2D eigenvalue weighted by atomic mass is 19.4. The molecule has 0 unspecified atom stereocenters. The largest absolute Gasteiger partial charge is 0.573 e. The monoisotopic (exact) mass is 396 g/mol. The van der Waals surface area contributed by atoms with Crippen molar-refractivity contribution in [2.45, 2.75) is 19.0 Å². The Morgan fingerprint density at radius 2 is 1.86 bits per heavy atom. The van der Waals surface area contributed by atoms with Crippen molar-refractivity contribution in [3.05, 3.63) is 54.1 Å². The van der Waals surface area contributed by atoms with E-state index < -0.39 is 6.36 Å². The highest BCUT2D eigenvalue weighted by molar-refractivity contribution is 5.73. The number of carbonyl (C=O) groups excluding carboxylic acids is 1. The fraction of sp³-hybridized carbons (Fsp3) is 0.316. The zero-order valence-corrected chi connectivity index (χ0v) is 15.0. The number of rotatable bonds is 5. The maximum atomic E-state index is 12.2. The quantitative estimate of drug-likeness (QED) is 0.840. The Morgan fingerprint density at radius 1 is 1.18 bits per heavy atom. The number of para-hydroxylation sites is 2. The first-order chi connectivity index (χ1) is 13.3. The molecule has 1 aliphatic heterocycles. The lowest BCUT2D eigenvalue weighted by molar-refractivity contribution is -0.274. The van der Waals surface area contributed by atoms with Crippen LogP contribution in [-0.4, -0.2) is 43.6 Å². The van der Waals surface area contributed by atoms with Gasteiger partial charge in [-0.25, -0.2) is 4.79 Å². The molecule has 1 aliphatic rings. The molecule has 2 aromatic carbocycles. The fourth-order valence-corrected chi connectivity index (χ4v) is 2.66. The average molecular weight is 396 g/mol. The summed E-state index contributed by atoms with van der Waals surface area (Å²) in [7, 11) is 1.62. The van der Waals surface area contributed by atoms with E-state index in [1.807, 2.05) is 18.2 Å². The topological polar surface area (TPSA) is 60.0 Å². The van der Waals surface area contributed by atoms with Gasteiger partial charge in [0, 0.05) is 13.6 Å². The number of nitrogens with one attached hydrogen (secondary N) is 1. The summed E-state index contributed by atoms with van der Waals surface area (Å²) in [5, 5.41) is 2.70. The number of urea groups is 1. The molecule has 1 heterocycles. The van der Waals surface area contributed by atoms with Crippen LogP contribution in [0.25, 0.3) is 0 Å². The molecule has 1 N–H and O–H groups in total. The van der Waals surface area contributed by atoms with Gasteiger partial charge in [0.15, 0.2) is 17.6 Å². The lowest BCUT2D eigenvalue weighted by Gasteiger charge is -2.29. The summed E-state index contributed by atoms with van der Waals surface area (Å²) >= 11 is 0. The van der Waals surface area contributed by atoms with Crippen LogP contribution in [0, 0.1) is 0 Å². The van der Waals surface area contributed by atoms with Gasteiger partial charge in [-0.2, -0.15) is 0 Å². The van der Waals surface area contributed by atoms with Crippen LogP contribution in [0.1, 0.15) is 5.56 Å². The maximum absolute atomic E-state index is 12.2. The first-order valence-electron chi connectivity index (χ1n) is 8.52. The van der Waals surface area contributed by atoms with Crippen LogP contribution in [0.2, 0.25) is 0 Å². The van der Waals surface area contributed by atoms with Gasteiger partial charge < -0.3 is 24.4 Å². The van der Waals surface area contributed by atoms with E-state index in [0.717, 1.165) is 0 Å². The van der Waals surface area contributed by atoms with Gasteiger partial charge in [0.2, 0.25) is 0 Å². The molecule has 150 valence electrons. The molecule has 2 amide bonds. The van der Waals surface area contributed by atoms with Gasteiger partial charge >= 0.3 is 12.4 Å². The molecule has 0 radical (unpaired) electrons. The van der Waals surface area contributed by atoms with Gasteiger partial charge in [-0.15, -0.1) is 13.2 Å². The third-order valence-corrected chi connectivity index (χ3v) is 3.99. The number of halogens is 3. The zero-order valence-electron chi connectivity index (χ0n) is 15.0. The zero-order chi connectivity index (χ0) is 20.1. The molecule has 2 aromatic rings. The lowest BCUT2D eigenvalue weighted by Crippen LogP contribution is -2.45. The normalized spacial score (nSPS) is 15.6. The Kier molecular flexibility index (Phi) is 5.81. The number of carbonyl (C=O) groups is 1.